The topological polar surface area (TPSA) is 0 Å². The zero-order chi connectivity index (χ0) is 8.74. The third-order valence-electron chi connectivity index (χ3n) is 1.84. The average Bonchev–Trinajstić information content (AvgIpc) is 2.05. The molecule has 0 aromatic heterocycles. The van der Waals surface area contributed by atoms with Gasteiger partial charge in [0, 0.05) is 0 Å². The smallest absolute Gasteiger partial charge is 0.0800 e. The van der Waals surface area contributed by atoms with Gasteiger partial charge in [-0.1, -0.05) is 38.3 Å². The van der Waals surface area contributed by atoms with Crippen LogP contribution in [0.15, 0.2) is 25.3 Å². The SMILES string of the molecule is C=CC(Cl)(C=C)CCCCC. The Morgan fingerprint density at radius 1 is 1.27 bits per heavy atom. The van der Waals surface area contributed by atoms with Crippen LogP contribution in [0.3, 0.4) is 0 Å². The van der Waals surface area contributed by atoms with Crippen LogP contribution >= 0.6 is 11.6 Å². The molecule has 0 rings (SSSR count). The summed E-state index contributed by atoms with van der Waals surface area (Å²) in [5.41, 5.74) is 0. The molecule has 0 bridgehead atoms. The van der Waals surface area contributed by atoms with Gasteiger partial charge in [0.25, 0.3) is 0 Å². The van der Waals surface area contributed by atoms with Crippen molar-refractivity contribution in [3.05, 3.63) is 25.3 Å². The maximum Gasteiger partial charge on any atom is 0.0800 e. The van der Waals surface area contributed by atoms with Gasteiger partial charge in [-0.15, -0.1) is 24.8 Å². The summed E-state index contributed by atoms with van der Waals surface area (Å²) in [5, 5.41) is 0. The maximum absolute atomic E-state index is 6.11. The first-order valence-corrected chi connectivity index (χ1v) is 4.52. The number of halogens is 1. The lowest BCUT2D eigenvalue weighted by atomic mass is 10.0. The Morgan fingerprint density at radius 2 is 1.82 bits per heavy atom. The molecule has 0 amide bonds. The Labute approximate surface area is 74.9 Å². The predicted molar refractivity (Wildman–Crippen MR) is 53.1 cm³/mol. The van der Waals surface area contributed by atoms with E-state index in [0.29, 0.717) is 0 Å². The Hall–Kier alpha value is -0.230. The quantitative estimate of drug-likeness (QED) is 0.324. The van der Waals surface area contributed by atoms with E-state index in [1.807, 2.05) is 0 Å². The Bertz CT molecular complexity index is 119. The summed E-state index contributed by atoms with van der Waals surface area (Å²) in [6.07, 6.45) is 8.08. The summed E-state index contributed by atoms with van der Waals surface area (Å²) < 4.78 is 0. The predicted octanol–water partition coefficient (Wildman–Crippen LogP) is 3.92. The first-order chi connectivity index (χ1) is 5.18. The molecule has 0 heterocycles. The van der Waals surface area contributed by atoms with Crippen LogP contribution in [0.4, 0.5) is 0 Å². The Kier molecular flexibility index (Phi) is 5.31. The second-order valence-electron chi connectivity index (χ2n) is 2.79. The standard InChI is InChI=1S/C10H17Cl/c1-4-7-8-9-10(11,5-2)6-3/h5-6H,2-4,7-9H2,1H3. The maximum atomic E-state index is 6.11. The number of alkyl halides is 1. The van der Waals surface area contributed by atoms with Gasteiger partial charge < -0.3 is 0 Å². The summed E-state index contributed by atoms with van der Waals surface area (Å²) in [6, 6.07) is 0. The van der Waals surface area contributed by atoms with E-state index in [9.17, 15) is 0 Å². The molecule has 0 aliphatic carbocycles. The summed E-state index contributed by atoms with van der Waals surface area (Å²) in [7, 11) is 0. The van der Waals surface area contributed by atoms with Crippen molar-refractivity contribution in [3.63, 3.8) is 0 Å². The molecule has 64 valence electrons. The molecule has 0 nitrogen and oxygen atoms in total. The lowest BCUT2D eigenvalue weighted by Crippen LogP contribution is -2.12. The van der Waals surface area contributed by atoms with E-state index in [1.165, 1.54) is 12.8 Å². The van der Waals surface area contributed by atoms with Gasteiger partial charge in [-0.25, -0.2) is 0 Å². The second-order valence-corrected chi connectivity index (χ2v) is 3.50. The largest absolute Gasteiger partial charge is 0.110 e. The van der Waals surface area contributed by atoms with Crippen LogP contribution in [0.1, 0.15) is 32.6 Å². The zero-order valence-corrected chi connectivity index (χ0v) is 8.03. The van der Waals surface area contributed by atoms with Gasteiger partial charge in [-0.3, -0.25) is 0 Å². The minimum Gasteiger partial charge on any atom is -0.110 e. The molecule has 0 aliphatic heterocycles. The molecular weight excluding hydrogens is 156 g/mol. The fourth-order valence-electron chi connectivity index (χ4n) is 0.933. The highest BCUT2D eigenvalue weighted by atomic mass is 35.5. The number of allylic oxidation sites excluding steroid dienone is 2. The normalized spacial score (nSPS) is 11.1. The molecule has 0 aromatic carbocycles. The van der Waals surface area contributed by atoms with Gasteiger partial charge in [-0.2, -0.15) is 0 Å². The lowest BCUT2D eigenvalue weighted by molar-refractivity contribution is 0.632. The van der Waals surface area contributed by atoms with Crippen molar-refractivity contribution < 1.29 is 0 Å². The fourth-order valence-corrected chi connectivity index (χ4v) is 1.07. The van der Waals surface area contributed by atoms with Crippen molar-refractivity contribution in [1.29, 1.82) is 0 Å². The highest BCUT2D eigenvalue weighted by molar-refractivity contribution is 6.26. The van der Waals surface area contributed by atoms with Crippen molar-refractivity contribution in [2.45, 2.75) is 37.5 Å². The van der Waals surface area contributed by atoms with Gasteiger partial charge in [0.15, 0.2) is 0 Å². The molecule has 0 aliphatic rings. The van der Waals surface area contributed by atoms with E-state index < -0.39 is 0 Å². The van der Waals surface area contributed by atoms with E-state index in [2.05, 4.69) is 20.1 Å². The van der Waals surface area contributed by atoms with Crippen LogP contribution in [-0.2, 0) is 0 Å². The number of hydrogen-bond donors (Lipinski definition) is 0. The highest BCUT2D eigenvalue weighted by Gasteiger charge is 2.16. The van der Waals surface area contributed by atoms with Gasteiger partial charge in [0.1, 0.15) is 0 Å². The molecule has 0 aromatic rings. The van der Waals surface area contributed by atoms with Crippen LogP contribution in [0, 0.1) is 0 Å². The van der Waals surface area contributed by atoms with Crippen LogP contribution in [0.25, 0.3) is 0 Å². The molecule has 0 radical (unpaired) electrons. The monoisotopic (exact) mass is 172 g/mol. The molecule has 0 saturated carbocycles. The molecule has 0 saturated heterocycles. The number of hydrogen-bond acceptors (Lipinski definition) is 0. The van der Waals surface area contributed by atoms with Gasteiger partial charge >= 0.3 is 0 Å². The number of unbranched alkanes of at least 4 members (excludes halogenated alkanes) is 2. The third-order valence-corrected chi connectivity index (χ3v) is 2.34. The first-order valence-electron chi connectivity index (χ1n) is 4.14. The van der Waals surface area contributed by atoms with Crippen LogP contribution in [-0.4, -0.2) is 4.87 Å². The van der Waals surface area contributed by atoms with Crippen molar-refractivity contribution in [2.75, 3.05) is 0 Å². The van der Waals surface area contributed by atoms with Gasteiger partial charge in [0.05, 0.1) is 4.87 Å². The molecule has 0 N–H and O–H groups in total. The van der Waals surface area contributed by atoms with E-state index in [1.54, 1.807) is 12.2 Å². The minimum atomic E-state index is -0.366. The van der Waals surface area contributed by atoms with Crippen LogP contribution in [0.2, 0.25) is 0 Å². The fraction of sp³-hybridized carbons (Fsp3) is 0.600. The van der Waals surface area contributed by atoms with Crippen molar-refractivity contribution in [2.24, 2.45) is 0 Å². The summed E-state index contributed by atoms with van der Waals surface area (Å²) in [4.78, 5) is -0.366. The minimum absolute atomic E-state index is 0.366. The van der Waals surface area contributed by atoms with Gasteiger partial charge in [0.2, 0.25) is 0 Å². The summed E-state index contributed by atoms with van der Waals surface area (Å²) >= 11 is 6.11. The van der Waals surface area contributed by atoms with Crippen molar-refractivity contribution >= 4 is 11.6 Å². The van der Waals surface area contributed by atoms with Crippen LogP contribution in [0.5, 0.6) is 0 Å². The molecule has 11 heavy (non-hydrogen) atoms. The average molecular weight is 173 g/mol. The van der Waals surface area contributed by atoms with E-state index in [4.69, 9.17) is 11.6 Å². The van der Waals surface area contributed by atoms with Crippen molar-refractivity contribution in [1.82, 2.24) is 0 Å². The molecule has 1 heteroatoms. The molecular formula is C10H17Cl. The Balaban J connectivity index is 3.69. The van der Waals surface area contributed by atoms with Gasteiger partial charge in [-0.05, 0) is 6.42 Å². The highest BCUT2D eigenvalue weighted by Crippen LogP contribution is 2.25. The Morgan fingerprint density at radius 3 is 2.18 bits per heavy atom. The molecule has 0 unspecified atom stereocenters. The second kappa shape index (κ2) is 5.42. The summed E-state index contributed by atoms with van der Waals surface area (Å²) in [6.45, 7) is 9.54. The zero-order valence-electron chi connectivity index (χ0n) is 7.28. The molecule has 0 fully saturated rings. The molecule has 0 spiro atoms. The first kappa shape index (κ1) is 10.8. The van der Waals surface area contributed by atoms with E-state index in [0.717, 1.165) is 12.8 Å². The lowest BCUT2D eigenvalue weighted by Gasteiger charge is -2.17. The van der Waals surface area contributed by atoms with E-state index in [-0.39, 0.29) is 4.87 Å². The third kappa shape index (κ3) is 4.26. The number of rotatable bonds is 6. The van der Waals surface area contributed by atoms with E-state index >= 15 is 0 Å². The molecule has 0 atom stereocenters. The van der Waals surface area contributed by atoms with Crippen LogP contribution < -0.4 is 0 Å². The summed E-state index contributed by atoms with van der Waals surface area (Å²) in [5.74, 6) is 0. The van der Waals surface area contributed by atoms with Crippen molar-refractivity contribution in [3.8, 4) is 0 Å².